The van der Waals surface area contributed by atoms with Crippen LogP contribution in [0.5, 0.6) is 5.75 Å². The molecule has 4 nitrogen and oxygen atoms in total. The van der Waals surface area contributed by atoms with Gasteiger partial charge in [0.05, 0.1) is 0 Å². The maximum atomic E-state index is 11.1. The summed E-state index contributed by atoms with van der Waals surface area (Å²) < 4.78 is 0. The molecule has 0 saturated heterocycles. The zero-order chi connectivity index (χ0) is 12.5. The summed E-state index contributed by atoms with van der Waals surface area (Å²) in [5.74, 6) is -0.948. The third-order valence-electron chi connectivity index (χ3n) is 2.82. The van der Waals surface area contributed by atoms with Gasteiger partial charge in [0.15, 0.2) is 0 Å². The number of phenols is 1. The van der Waals surface area contributed by atoms with Crippen LogP contribution in [0.15, 0.2) is 42.5 Å². The van der Waals surface area contributed by atoms with E-state index in [4.69, 9.17) is 10.8 Å². The number of aromatic hydroxyl groups is 1. The topological polar surface area (TPSA) is 83.6 Å². The number of hydrogen-bond acceptors (Lipinski definition) is 3. The molecule has 0 aromatic heterocycles. The molecule has 1 aliphatic carbocycles. The smallest absolute Gasteiger partial charge is 0.328 e. The molecule has 0 bridgehead atoms. The van der Waals surface area contributed by atoms with Crippen molar-refractivity contribution in [2.24, 2.45) is 5.73 Å². The van der Waals surface area contributed by atoms with Crippen LogP contribution in [0.1, 0.15) is 12.0 Å². The Morgan fingerprint density at radius 1 is 1.35 bits per heavy atom. The number of hydrogen-bond donors (Lipinski definition) is 3. The highest BCUT2D eigenvalue weighted by Crippen LogP contribution is 2.33. The second kappa shape index (κ2) is 4.07. The Balaban J connectivity index is 2.37. The van der Waals surface area contributed by atoms with Crippen LogP contribution in [0.25, 0.3) is 5.57 Å². The molecule has 17 heavy (non-hydrogen) atoms. The number of aliphatic carboxylic acids is 1. The minimum absolute atomic E-state index is 0.127. The quantitative estimate of drug-likeness (QED) is 0.720. The van der Waals surface area contributed by atoms with Crippen molar-refractivity contribution in [1.82, 2.24) is 0 Å². The molecule has 0 saturated carbocycles. The first-order valence-electron chi connectivity index (χ1n) is 5.22. The standard InChI is InChI=1S/C13H13NO3/c14-13(12(16)17)7-3-4-9(8-13)10-5-1-2-6-11(10)15/h1-7,15H,8,14H2,(H,16,17). The molecule has 0 heterocycles. The number of carboxylic acids is 1. The number of phenolic OH excluding ortho intramolecular Hbond substituents is 1. The van der Waals surface area contributed by atoms with Gasteiger partial charge in [-0.15, -0.1) is 0 Å². The van der Waals surface area contributed by atoms with Crippen LogP contribution in [-0.4, -0.2) is 21.7 Å². The van der Waals surface area contributed by atoms with Gasteiger partial charge in [0, 0.05) is 12.0 Å². The third kappa shape index (κ3) is 2.07. The van der Waals surface area contributed by atoms with E-state index in [0.717, 1.165) is 5.57 Å². The SMILES string of the molecule is NC1(C(=O)O)C=CC=C(c2ccccc2O)C1. The van der Waals surface area contributed by atoms with Gasteiger partial charge in [-0.1, -0.05) is 36.4 Å². The van der Waals surface area contributed by atoms with E-state index >= 15 is 0 Å². The summed E-state index contributed by atoms with van der Waals surface area (Å²) >= 11 is 0. The fourth-order valence-electron chi connectivity index (χ4n) is 1.85. The van der Waals surface area contributed by atoms with Gasteiger partial charge in [-0.2, -0.15) is 0 Å². The fourth-order valence-corrected chi connectivity index (χ4v) is 1.85. The summed E-state index contributed by atoms with van der Waals surface area (Å²) in [6.07, 6.45) is 5.00. The van der Waals surface area contributed by atoms with E-state index in [-0.39, 0.29) is 12.2 Å². The van der Waals surface area contributed by atoms with E-state index in [1.165, 1.54) is 6.08 Å². The van der Waals surface area contributed by atoms with Gasteiger partial charge >= 0.3 is 5.97 Å². The summed E-state index contributed by atoms with van der Waals surface area (Å²) in [6.45, 7) is 0. The summed E-state index contributed by atoms with van der Waals surface area (Å²) in [5.41, 5.74) is 5.71. The monoisotopic (exact) mass is 231 g/mol. The van der Waals surface area contributed by atoms with Crippen LogP contribution in [0.4, 0.5) is 0 Å². The maximum absolute atomic E-state index is 11.1. The van der Waals surface area contributed by atoms with Crippen LogP contribution >= 0.6 is 0 Å². The minimum atomic E-state index is -1.40. The minimum Gasteiger partial charge on any atom is -0.507 e. The van der Waals surface area contributed by atoms with Crippen LogP contribution < -0.4 is 5.73 Å². The number of benzene rings is 1. The molecular weight excluding hydrogens is 218 g/mol. The third-order valence-corrected chi connectivity index (χ3v) is 2.82. The van der Waals surface area contributed by atoms with E-state index in [0.29, 0.717) is 5.56 Å². The highest BCUT2D eigenvalue weighted by Gasteiger charge is 2.34. The summed E-state index contributed by atoms with van der Waals surface area (Å²) in [6, 6.07) is 6.80. The zero-order valence-corrected chi connectivity index (χ0v) is 9.13. The molecule has 0 spiro atoms. The lowest BCUT2D eigenvalue weighted by molar-refractivity contribution is -0.141. The molecule has 1 atom stereocenters. The number of carboxylic acid groups (broad SMARTS) is 1. The van der Waals surface area contributed by atoms with Crippen LogP contribution in [0, 0.1) is 0 Å². The first kappa shape index (κ1) is 11.4. The van der Waals surface area contributed by atoms with Gasteiger partial charge in [0.2, 0.25) is 0 Å². The van der Waals surface area contributed by atoms with Gasteiger partial charge in [-0.05, 0) is 11.6 Å². The van der Waals surface area contributed by atoms with Crippen LogP contribution in [-0.2, 0) is 4.79 Å². The predicted molar refractivity (Wildman–Crippen MR) is 64.4 cm³/mol. The lowest BCUT2D eigenvalue weighted by Gasteiger charge is -2.25. The molecule has 1 unspecified atom stereocenters. The van der Waals surface area contributed by atoms with Crippen molar-refractivity contribution in [1.29, 1.82) is 0 Å². The lowest BCUT2D eigenvalue weighted by Crippen LogP contribution is -2.46. The number of allylic oxidation sites excluding steroid dienone is 2. The Hall–Kier alpha value is -2.07. The van der Waals surface area contributed by atoms with Gasteiger partial charge in [0.25, 0.3) is 0 Å². The van der Waals surface area contributed by atoms with Gasteiger partial charge in [-0.25, -0.2) is 4.79 Å². The molecule has 0 aliphatic heterocycles. The molecule has 4 heteroatoms. The van der Waals surface area contributed by atoms with E-state index in [9.17, 15) is 9.90 Å². The molecule has 0 fully saturated rings. The number of rotatable bonds is 2. The molecular formula is C13H13NO3. The van der Waals surface area contributed by atoms with Gasteiger partial charge in [0.1, 0.15) is 11.3 Å². The van der Waals surface area contributed by atoms with E-state index in [2.05, 4.69) is 0 Å². The Bertz CT molecular complexity index is 519. The average molecular weight is 231 g/mol. The van der Waals surface area contributed by atoms with E-state index in [1.807, 2.05) is 0 Å². The predicted octanol–water partition coefficient (Wildman–Crippen LogP) is 1.52. The Labute approximate surface area is 98.7 Å². The first-order valence-corrected chi connectivity index (χ1v) is 5.22. The molecule has 88 valence electrons. The summed E-state index contributed by atoms with van der Waals surface area (Å²) in [5, 5.41) is 18.8. The van der Waals surface area contributed by atoms with Crippen molar-refractivity contribution in [3.05, 3.63) is 48.1 Å². The molecule has 4 N–H and O–H groups in total. The molecule has 1 aromatic carbocycles. The van der Waals surface area contributed by atoms with Crippen molar-refractivity contribution < 1.29 is 15.0 Å². The maximum Gasteiger partial charge on any atom is 0.328 e. The Morgan fingerprint density at radius 2 is 2.06 bits per heavy atom. The highest BCUT2D eigenvalue weighted by molar-refractivity contribution is 5.87. The van der Waals surface area contributed by atoms with E-state index in [1.54, 1.807) is 36.4 Å². The number of carbonyl (C=O) groups is 1. The normalized spacial score (nSPS) is 23.2. The van der Waals surface area contributed by atoms with Crippen molar-refractivity contribution in [2.45, 2.75) is 12.0 Å². The summed E-state index contributed by atoms with van der Waals surface area (Å²) in [4.78, 5) is 11.1. The molecule has 2 rings (SSSR count). The second-order valence-electron chi connectivity index (χ2n) is 4.09. The van der Waals surface area contributed by atoms with Gasteiger partial charge < -0.3 is 15.9 Å². The van der Waals surface area contributed by atoms with Crippen molar-refractivity contribution in [3.8, 4) is 5.75 Å². The first-order chi connectivity index (χ1) is 8.03. The molecule has 1 aromatic rings. The fraction of sp³-hybridized carbons (Fsp3) is 0.154. The number of para-hydroxylation sites is 1. The zero-order valence-electron chi connectivity index (χ0n) is 9.13. The molecule has 1 aliphatic rings. The van der Waals surface area contributed by atoms with Crippen LogP contribution in [0.2, 0.25) is 0 Å². The molecule has 0 radical (unpaired) electrons. The molecule has 0 amide bonds. The highest BCUT2D eigenvalue weighted by atomic mass is 16.4. The van der Waals surface area contributed by atoms with E-state index < -0.39 is 11.5 Å². The van der Waals surface area contributed by atoms with Crippen molar-refractivity contribution in [2.75, 3.05) is 0 Å². The largest absolute Gasteiger partial charge is 0.507 e. The number of nitrogens with two attached hydrogens (primary N) is 1. The Morgan fingerprint density at radius 3 is 2.71 bits per heavy atom. The lowest BCUT2D eigenvalue weighted by atomic mass is 9.84. The second-order valence-corrected chi connectivity index (χ2v) is 4.09. The summed E-state index contributed by atoms with van der Waals surface area (Å²) in [7, 11) is 0. The Kier molecular flexibility index (Phi) is 2.73. The van der Waals surface area contributed by atoms with Crippen molar-refractivity contribution >= 4 is 11.5 Å². The van der Waals surface area contributed by atoms with Crippen molar-refractivity contribution in [3.63, 3.8) is 0 Å². The average Bonchev–Trinajstić information content (AvgIpc) is 2.29. The van der Waals surface area contributed by atoms with Crippen LogP contribution in [0.3, 0.4) is 0 Å². The van der Waals surface area contributed by atoms with Gasteiger partial charge in [-0.3, -0.25) is 0 Å².